The molecule has 0 heterocycles. The lowest BCUT2D eigenvalue weighted by Crippen LogP contribution is -1.86. The van der Waals surface area contributed by atoms with Gasteiger partial charge in [-0.25, -0.2) is 4.39 Å². The first-order valence-electron chi connectivity index (χ1n) is 3.87. The van der Waals surface area contributed by atoms with Gasteiger partial charge in [0.1, 0.15) is 5.82 Å². The average molecular weight is 219 g/mol. The van der Waals surface area contributed by atoms with E-state index in [-0.39, 0.29) is 5.02 Å². The maximum absolute atomic E-state index is 12.7. The second kappa shape index (κ2) is 4.64. The molecule has 1 rings (SSSR count). The first kappa shape index (κ1) is 10.6. The van der Waals surface area contributed by atoms with Crippen LogP contribution in [-0.4, -0.2) is 0 Å². The Kier molecular flexibility index (Phi) is 3.76. The van der Waals surface area contributed by atoms with E-state index in [4.69, 9.17) is 23.2 Å². The highest BCUT2D eigenvalue weighted by Crippen LogP contribution is 2.18. The molecule has 3 heteroatoms. The van der Waals surface area contributed by atoms with E-state index in [9.17, 15) is 4.39 Å². The smallest absolute Gasteiger partial charge is 0.141 e. The van der Waals surface area contributed by atoms with Crippen molar-refractivity contribution in [3.05, 3.63) is 46.2 Å². The number of rotatable bonds is 3. The standard InChI is InChI=1S/C10H9Cl2F/c1-7(11)2-3-8-4-5-10(13)9(12)6-8/h4-6H,1-3H2. The van der Waals surface area contributed by atoms with Gasteiger partial charge in [0.15, 0.2) is 0 Å². The lowest BCUT2D eigenvalue weighted by Gasteiger charge is -2.01. The summed E-state index contributed by atoms with van der Waals surface area (Å²) in [6, 6.07) is 4.66. The van der Waals surface area contributed by atoms with Gasteiger partial charge in [-0.3, -0.25) is 0 Å². The first-order valence-corrected chi connectivity index (χ1v) is 4.62. The maximum atomic E-state index is 12.7. The van der Waals surface area contributed by atoms with E-state index in [1.54, 1.807) is 12.1 Å². The van der Waals surface area contributed by atoms with E-state index in [2.05, 4.69) is 6.58 Å². The van der Waals surface area contributed by atoms with E-state index in [0.717, 1.165) is 12.0 Å². The topological polar surface area (TPSA) is 0 Å². The minimum Gasteiger partial charge on any atom is -0.205 e. The van der Waals surface area contributed by atoms with Crippen molar-refractivity contribution in [3.63, 3.8) is 0 Å². The molecule has 0 aliphatic heterocycles. The molecule has 1 aromatic carbocycles. The average Bonchev–Trinajstić information content (AvgIpc) is 2.07. The molecule has 0 bridgehead atoms. The van der Waals surface area contributed by atoms with Crippen molar-refractivity contribution in [2.24, 2.45) is 0 Å². The van der Waals surface area contributed by atoms with Gasteiger partial charge >= 0.3 is 0 Å². The van der Waals surface area contributed by atoms with E-state index < -0.39 is 5.82 Å². The van der Waals surface area contributed by atoms with Gasteiger partial charge in [-0.15, -0.1) is 0 Å². The zero-order valence-electron chi connectivity index (χ0n) is 6.99. The van der Waals surface area contributed by atoms with Crippen molar-refractivity contribution >= 4 is 23.2 Å². The molecule has 0 radical (unpaired) electrons. The van der Waals surface area contributed by atoms with Gasteiger partial charge in [-0.05, 0) is 30.5 Å². The van der Waals surface area contributed by atoms with Crippen LogP contribution < -0.4 is 0 Å². The predicted octanol–water partition coefficient (Wildman–Crippen LogP) is 4.16. The molecule has 0 unspecified atom stereocenters. The number of aryl methyl sites for hydroxylation is 1. The maximum Gasteiger partial charge on any atom is 0.141 e. The third-order valence-corrected chi connectivity index (χ3v) is 2.15. The van der Waals surface area contributed by atoms with Gasteiger partial charge in [0.25, 0.3) is 0 Å². The summed E-state index contributed by atoms with van der Waals surface area (Å²) in [5, 5.41) is 0.748. The number of hydrogen-bond donors (Lipinski definition) is 0. The van der Waals surface area contributed by atoms with Gasteiger partial charge in [0, 0.05) is 5.03 Å². The first-order chi connectivity index (χ1) is 6.09. The van der Waals surface area contributed by atoms with Crippen LogP contribution in [0.3, 0.4) is 0 Å². The van der Waals surface area contributed by atoms with Crippen molar-refractivity contribution in [1.29, 1.82) is 0 Å². The Morgan fingerprint density at radius 3 is 2.69 bits per heavy atom. The van der Waals surface area contributed by atoms with E-state index >= 15 is 0 Å². The Labute approximate surface area is 87.0 Å². The third kappa shape index (κ3) is 3.37. The fourth-order valence-electron chi connectivity index (χ4n) is 0.975. The summed E-state index contributed by atoms with van der Waals surface area (Å²) in [5.41, 5.74) is 0.966. The number of benzene rings is 1. The summed E-state index contributed by atoms with van der Waals surface area (Å²) in [6.45, 7) is 3.57. The fraction of sp³-hybridized carbons (Fsp3) is 0.200. The highest BCUT2D eigenvalue weighted by atomic mass is 35.5. The van der Waals surface area contributed by atoms with Crippen LogP contribution in [0.1, 0.15) is 12.0 Å². The van der Waals surface area contributed by atoms with Crippen molar-refractivity contribution in [1.82, 2.24) is 0 Å². The van der Waals surface area contributed by atoms with Crippen LogP contribution in [-0.2, 0) is 6.42 Å². The van der Waals surface area contributed by atoms with Crippen molar-refractivity contribution < 1.29 is 4.39 Å². The predicted molar refractivity (Wildman–Crippen MR) is 54.7 cm³/mol. The van der Waals surface area contributed by atoms with Crippen molar-refractivity contribution in [3.8, 4) is 0 Å². The molecule has 0 aliphatic rings. The van der Waals surface area contributed by atoms with Crippen LogP contribution in [0.2, 0.25) is 5.02 Å². The monoisotopic (exact) mass is 218 g/mol. The molecule has 0 saturated heterocycles. The number of allylic oxidation sites excluding steroid dienone is 1. The SMILES string of the molecule is C=C(Cl)CCc1ccc(F)c(Cl)c1. The van der Waals surface area contributed by atoms with Crippen LogP contribution in [0.25, 0.3) is 0 Å². The van der Waals surface area contributed by atoms with E-state index in [0.29, 0.717) is 11.5 Å². The van der Waals surface area contributed by atoms with Gasteiger partial charge in [0.05, 0.1) is 5.02 Å². The fourth-order valence-corrected chi connectivity index (χ4v) is 1.27. The summed E-state index contributed by atoms with van der Waals surface area (Å²) in [4.78, 5) is 0. The lowest BCUT2D eigenvalue weighted by molar-refractivity contribution is 0.627. The minimum absolute atomic E-state index is 0.151. The molecule has 0 amide bonds. The molecule has 0 atom stereocenters. The summed E-state index contributed by atoms with van der Waals surface area (Å²) in [7, 11) is 0. The largest absolute Gasteiger partial charge is 0.205 e. The van der Waals surface area contributed by atoms with Gasteiger partial charge in [-0.1, -0.05) is 35.8 Å². The molecular weight excluding hydrogens is 210 g/mol. The summed E-state index contributed by atoms with van der Waals surface area (Å²) in [6.07, 6.45) is 1.42. The second-order valence-corrected chi connectivity index (χ2v) is 3.71. The quantitative estimate of drug-likeness (QED) is 0.715. The van der Waals surface area contributed by atoms with Gasteiger partial charge < -0.3 is 0 Å². The molecule has 0 saturated carbocycles. The Morgan fingerprint density at radius 2 is 2.15 bits per heavy atom. The minimum atomic E-state index is -0.393. The highest BCUT2D eigenvalue weighted by molar-refractivity contribution is 6.30. The Bertz CT molecular complexity index is 321. The molecule has 13 heavy (non-hydrogen) atoms. The molecule has 0 nitrogen and oxygen atoms in total. The molecule has 0 aliphatic carbocycles. The summed E-state index contributed by atoms with van der Waals surface area (Å²) < 4.78 is 12.7. The molecule has 70 valence electrons. The van der Waals surface area contributed by atoms with Crippen LogP contribution in [0, 0.1) is 5.82 Å². The Balaban J connectivity index is 2.68. The number of halogens is 3. The second-order valence-electron chi connectivity index (χ2n) is 2.77. The van der Waals surface area contributed by atoms with Gasteiger partial charge in [-0.2, -0.15) is 0 Å². The highest BCUT2D eigenvalue weighted by Gasteiger charge is 2.00. The molecular formula is C10H9Cl2F. The molecule has 0 aromatic heterocycles. The van der Waals surface area contributed by atoms with E-state index in [1.807, 2.05) is 0 Å². The van der Waals surface area contributed by atoms with Crippen molar-refractivity contribution in [2.75, 3.05) is 0 Å². The Hall–Kier alpha value is -0.530. The van der Waals surface area contributed by atoms with Gasteiger partial charge in [0.2, 0.25) is 0 Å². The third-order valence-electron chi connectivity index (χ3n) is 1.67. The molecule has 0 spiro atoms. The zero-order chi connectivity index (χ0) is 9.84. The number of hydrogen-bond acceptors (Lipinski definition) is 0. The van der Waals surface area contributed by atoms with Crippen LogP contribution in [0.4, 0.5) is 4.39 Å². The van der Waals surface area contributed by atoms with E-state index in [1.165, 1.54) is 6.07 Å². The molecule has 0 N–H and O–H groups in total. The molecule has 1 aromatic rings. The summed E-state index contributed by atoms with van der Waals surface area (Å²) >= 11 is 11.2. The van der Waals surface area contributed by atoms with Crippen LogP contribution in [0.5, 0.6) is 0 Å². The Morgan fingerprint density at radius 1 is 1.46 bits per heavy atom. The molecule has 0 fully saturated rings. The zero-order valence-corrected chi connectivity index (χ0v) is 8.50. The van der Waals surface area contributed by atoms with Crippen LogP contribution >= 0.6 is 23.2 Å². The normalized spacial score (nSPS) is 10.1. The lowest BCUT2D eigenvalue weighted by atomic mass is 10.1. The summed E-state index contributed by atoms with van der Waals surface area (Å²) in [5.74, 6) is -0.393. The van der Waals surface area contributed by atoms with Crippen LogP contribution in [0.15, 0.2) is 29.8 Å². The van der Waals surface area contributed by atoms with Crippen molar-refractivity contribution in [2.45, 2.75) is 12.8 Å².